The maximum atomic E-state index is 8.88. The fourth-order valence-corrected chi connectivity index (χ4v) is 4.51. The molecule has 0 aromatic carbocycles. The first kappa shape index (κ1) is 58.1. The molecule has 55 heavy (non-hydrogen) atoms. The van der Waals surface area contributed by atoms with Crippen LogP contribution in [0.2, 0.25) is 0 Å². The lowest BCUT2D eigenvalue weighted by Crippen LogP contribution is -2.18. The number of rotatable bonds is 42. The second-order valence-corrected chi connectivity index (χ2v) is 13.8. The van der Waals surface area contributed by atoms with Gasteiger partial charge in [0.05, 0.1) is 39.6 Å². The lowest BCUT2D eigenvalue weighted by atomic mass is 10.1. The summed E-state index contributed by atoms with van der Waals surface area (Å²) in [6.45, 7) is 18.5. The molecular weight excluding hydrogens is 743 g/mol. The molecule has 2 atom stereocenters. The molecule has 0 aromatic heterocycles. The molecule has 0 heterocycles. The minimum Gasteiger partial charge on any atom is -0.376 e. The highest BCUT2D eigenvalue weighted by Crippen LogP contribution is 2.25. The minimum absolute atomic E-state index is 0.243. The van der Waals surface area contributed by atoms with Crippen LogP contribution in [0.25, 0.3) is 0 Å². The Morgan fingerprint density at radius 1 is 0.473 bits per heavy atom. The highest BCUT2D eigenvalue weighted by molar-refractivity contribution is 7.45. The quantitative estimate of drug-likeness (QED) is 0.0173. The van der Waals surface area contributed by atoms with Crippen molar-refractivity contribution in [3.8, 4) is 0 Å². The maximum Gasteiger partial charge on any atom is 0.466 e. The molecule has 0 aromatic rings. The Kier molecular flexibility index (Phi) is 53.7. The van der Waals surface area contributed by atoms with E-state index in [4.69, 9.17) is 58.0 Å². The average Bonchev–Trinajstić information content (AvgIpc) is 3.14. The van der Waals surface area contributed by atoms with Gasteiger partial charge in [-0.05, 0) is 36.8 Å². The van der Waals surface area contributed by atoms with E-state index >= 15 is 0 Å². The summed E-state index contributed by atoms with van der Waals surface area (Å²) >= 11 is 0. The van der Waals surface area contributed by atoms with Gasteiger partial charge in [-0.2, -0.15) is 9.78 Å². The van der Waals surface area contributed by atoms with Gasteiger partial charge in [-0.25, -0.2) is 24.1 Å². The smallest absolute Gasteiger partial charge is 0.376 e. The first-order valence-electron chi connectivity index (χ1n) is 20.2. The fraction of sp³-hybridized carbons (Fsp3) is 0.895. The number of unbranched alkanes of at least 4 members (excludes halogenated alkanes) is 18. The van der Waals surface area contributed by atoms with Gasteiger partial charge in [-0.15, -0.1) is 0 Å². The number of ether oxygens (including phenoxy) is 2. The molecule has 2 unspecified atom stereocenters. The van der Waals surface area contributed by atoms with Crippen LogP contribution in [-0.2, 0) is 63.2 Å². The SMILES string of the molecule is C=COOOC(C)COCCOOCCCCCCCCCCCC.C=COOOC(C)COCCOOCCCCCCCCCCCC.O=P(O)(O)O. The predicted octanol–water partition coefficient (Wildman–Crippen LogP) is 9.64. The van der Waals surface area contributed by atoms with E-state index < -0.39 is 7.82 Å². The molecule has 0 spiro atoms. The van der Waals surface area contributed by atoms with Crippen LogP contribution in [0.15, 0.2) is 25.7 Å². The van der Waals surface area contributed by atoms with Crippen molar-refractivity contribution in [2.45, 2.75) is 168 Å². The molecular formula is C38H79O16P. The summed E-state index contributed by atoms with van der Waals surface area (Å²) in [5, 5.41) is 8.74. The molecule has 3 N–H and O–H groups in total. The standard InChI is InChI=1S/2C19H38O6.H3O4P/c2*1-4-6-7-8-9-10-11-12-13-14-15-22-23-17-16-20-18-19(3)24-25-21-5-2;1-5(2,3)4/h2*5,19H,2,4,6-18H2,1,3H3;(H3,1,2,3,4). The van der Waals surface area contributed by atoms with Gasteiger partial charge in [0.2, 0.25) is 0 Å². The second-order valence-electron chi connectivity index (χ2n) is 12.8. The molecule has 0 radical (unpaired) electrons. The molecule has 0 rings (SSSR count). The van der Waals surface area contributed by atoms with Crippen molar-refractivity contribution in [3.63, 3.8) is 0 Å². The Labute approximate surface area is 332 Å². The summed E-state index contributed by atoms with van der Waals surface area (Å²) in [7, 11) is -4.64. The molecule has 0 amide bonds. The minimum atomic E-state index is -4.64. The molecule has 0 aliphatic carbocycles. The van der Waals surface area contributed by atoms with Crippen LogP contribution in [0.4, 0.5) is 0 Å². The van der Waals surface area contributed by atoms with E-state index in [1.54, 1.807) is 13.8 Å². The van der Waals surface area contributed by atoms with Gasteiger partial charge in [0, 0.05) is 0 Å². The monoisotopic (exact) mass is 823 g/mol. The van der Waals surface area contributed by atoms with Gasteiger partial charge in [0.1, 0.15) is 37.9 Å². The second kappa shape index (κ2) is 50.8. The largest absolute Gasteiger partial charge is 0.466 e. The van der Waals surface area contributed by atoms with Gasteiger partial charge >= 0.3 is 7.82 Å². The first-order chi connectivity index (χ1) is 26.6. The molecule has 0 aliphatic rings. The molecule has 0 bridgehead atoms. The van der Waals surface area contributed by atoms with Crippen LogP contribution in [0.5, 0.6) is 0 Å². The predicted molar refractivity (Wildman–Crippen MR) is 209 cm³/mol. The average molecular weight is 823 g/mol. The zero-order valence-electron chi connectivity index (χ0n) is 34.6. The fourth-order valence-electron chi connectivity index (χ4n) is 4.51. The van der Waals surface area contributed by atoms with E-state index in [9.17, 15) is 0 Å². The van der Waals surface area contributed by atoms with Crippen LogP contribution < -0.4 is 0 Å². The lowest BCUT2D eigenvalue weighted by molar-refractivity contribution is -0.505. The van der Waals surface area contributed by atoms with Gasteiger partial charge in [0.25, 0.3) is 0 Å². The van der Waals surface area contributed by atoms with E-state index in [0.717, 1.165) is 25.4 Å². The zero-order chi connectivity index (χ0) is 41.4. The Bertz CT molecular complexity index is 717. The molecule has 332 valence electrons. The van der Waals surface area contributed by atoms with Crippen molar-refractivity contribution in [2.75, 3.05) is 52.9 Å². The Hall–Kier alpha value is -1.21. The summed E-state index contributed by atoms with van der Waals surface area (Å²) in [5.41, 5.74) is 0. The maximum absolute atomic E-state index is 8.88. The highest BCUT2D eigenvalue weighted by Gasteiger charge is 2.05. The Morgan fingerprint density at radius 3 is 1.04 bits per heavy atom. The van der Waals surface area contributed by atoms with E-state index in [-0.39, 0.29) is 12.2 Å². The molecule has 0 saturated heterocycles. The molecule has 0 saturated carbocycles. The van der Waals surface area contributed by atoms with Crippen LogP contribution in [-0.4, -0.2) is 79.7 Å². The lowest BCUT2D eigenvalue weighted by Gasteiger charge is -2.10. The Balaban J connectivity index is -0.000000874. The van der Waals surface area contributed by atoms with E-state index in [1.165, 1.54) is 116 Å². The molecule has 16 nitrogen and oxygen atoms in total. The zero-order valence-corrected chi connectivity index (χ0v) is 35.5. The first-order valence-corrected chi connectivity index (χ1v) is 21.8. The van der Waals surface area contributed by atoms with Crippen LogP contribution in [0, 0.1) is 0 Å². The molecule has 0 fully saturated rings. The van der Waals surface area contributed by atoms with Gasteiger partial charge < -0.3 is 33.9 Å². The van der Waals surface area contributed by atoms with Gasteiger partial charge in [-0.1, -0.05) is 143 Å². The van der Waals surface area contributed by atoms with Crippen molar-refractivity contribution < 1.29 is 77.9 Å². The van der Waals surface area contributed by atoms with Crippen LogP contribution in [0.3, 0.4) is 0 Å². The van der Waals surface area contributed by atoms with Crippen LogP contribution in [0.1, 0.15) is 156 Å². The molecule has 0 aliphatic heterocycles. The third kappa shape index (κ3) is 67.9. The third-order valence-electron chi connectivity index (χ3n) is 7.28. The van der Waals surface area contributed by atoms with E-state index in [0.29, 0.717) is 52.9 Å². The normalized spacial score (nSPS) is 12.2. The van der Waals surface area contributed by atoms with Crippen molar-refractivity contribution in [2.24, 2.45) is 0 Å². The summed E-state index contributed by atoms with van der Waals surface area (Å²) in [6.07, 6.45) is 28.0. The van der Waals surface area contributed by atoms with Gasteiger partial charge in [-0.3, -0.25) is 0 Å². The third-order valence-corrected chi connectivity index (χ3v) is 7.28. The number of hydrogen-bond donors (Lipinski definition) is 3. The van der Waals surface area contributed by atoms with Crippen molar-refractivity contribution >= 4 is 7.82 Å². The summed E-state index contributed by atoms with van der Waals surface area (Å²) < 4.78 is 19.6. The van der Waals surface area contributed by atoms with E-state index in [1.807, 2.05) is 0 Å². The van der Waals surface area contributed by atoms with Gasteiger partial charge in [0.15, 0.2) is 0 Å². The number of hydrogen-bond acceptors (Lipinski definition) is 13. The summed E-state index contributed by atoms with van der Waals surface area (Å²) in [6, 6.07) is 0. The number of phosphoric acid groups is 1. The molecule has 17 heteroatoms. The van der Waals surface area contributed by atoms with Crippen LogP contribution >= 0.6 is 7.82 Å². The van der Waals surface area contributed by atoms with Crippen molar-refractivity contribution in [1.29, 1.82) is 0 Å². The summed E-state index contributed by atoms with van der Waals surface area (Å²) in [5.74, 6) is 0. The Morgan fingerprint density at radius 2 is 0.745 bits per heavy atom. The highest BCUT2D eigenvalue weighted by atomic mass is 31.2. The van der Waals surface area contributed by atoms with Crippen molar-refractivity contribution in [1.82, 2.24) is 0 Å². The topological polar surface area (TPSA) is 189 Å². The summed E-state index contributed by atoms with van der Waals surface area (Å²) in [4.78, 5) is 60.3. The van der Waals surface area contributed by atoms with Crippen molar-refractivity contribution in [3.05, 3.63) is 25.7 Å². The van der Waals surface area contributed by atoms with E-state index in [2.05, 4.69) is 46.9 Å².